The van der Waals surface area contributed by atoms with Crippen molar-refractivity contribution in [3.8, 4) is 0 Å². The number of aryl methyl sites for hydroxylation is 1. The van der Waals surface area contributed by atoms with Crippen LogP contribution < -0.4 is 0 Å². The first-order chi connectivity index (χ1) is 11.7. The van der Waals surface area contributed by atoms with Crippen LogP contribution in [0.3, 0.4) is 0 Å². The molecule has 1 heterocycles. The van der Waals surface area contributed by atoms with Crippen molar-refractivity contribution >= 4 is 5.78 Å². The van der Waals surface area contributed by atoms with Crippen LogP contribution in [-0.2, 0) is 16.6 Å². The van der Waals surface area contributed by atoms with Crippen molar-refractivity contribution in [3.05, 3.63) is 71.5 Å². The van der Waals surface area contributed by atoms with Gasteiger partial charge in [0.2, 0.25) is 0 Å². The summed E-state index contributed by atoms with van der Waals surface area (Å²) in [7, 11) is 0. The number of rotatable bonds is 1. The Morgan fingerprint density at radius 2 is 2.08 bits per heavy atom. The lowest BCUT2D eigenvalue weighted by atomic mass is 9.52. The van der Waals surface area contributed by atoms with Gasteiger partial charge in [0.1, 0.15) is 6.33 Å². The summed E-state index contributed by atoms with van der Waals surface area (Å²) in [5, 5.41) is 9.66. The van der Waals surface area contributed by atoms with E-state index >= 15 is 0 Å². The summed E-state index contributed by atoms with van der Waals surface area (Å²) in [6.45, 7) is 1.99. The SMILES string of the molecule is C[C@@H]1C(=O)/C(=C\O)C[C@]2(c3ccccc3)c3ncncc3CC[C@@H]12. The van der Waals surface area contributed by atoms with E-state index in [1.807, 2.05) is 31.3 Å². The minimum absolute atomic E-state index is 0.0616. The van der Waals surface area contributed by atoms with Gasteiger partial charge >= 0.3 is 0 Å². The predicted molar refractivity (Wildman–Crippen MR) is 90.6 cm³/mol. The molecule has 4 nitrogen and oxygen atoms in total. The topological polar surface area (TPSA) is 63.1 Å². The molecule has 0 aliphatic heterocycles. The van der Waals surface area contributed by atoms with Gasteiger partial charge in [-0.1, -0.05) is 37.3 Å². The first-order valence-electron chi connectivity index (χ1n) is 8.41. The molecule has 0 amide bonds. The molecule has 2 aliphatic rings. The fraction of sp³-hybridized carbons (Fsp3) is 0.350. The molecular formula is C20H20N2O2. The van der Waals surface area contributed by atoms with Gasteiger partial charge in [-0.3, -0.25) is 4.79 Å². The Balaban J connectivity index is 2.02. The number of hydrogen-bond donors (Lipinski definition) is 1. The minimum Gasteiger partial charge on any atom is -0.515 e. The summed E-state index contributed by atoms with van der Waals surface area (Å²) in [6.07, 6.45) is 6.80. The Hall–Kier alpha value is -2.49. The van der Waals surface area contributed by atoms with E-state index in [-0.39, 0.29) is 23.0 Å². The van der Waals surface area contributed by atoms with Gasteiger partial charge < -0.3 is 5.11 Å². The molecule has 1 aromatic carbocycles. The van der Waals surface area contributed by atoms with Crippen molar-refractivity contribution in [2.45, 2.75) is 31.6 Å². The average Bonchev–Trinajstić information content (AvgIpc) is 2.65. The first kappa shape index (κ1) is 15.1. The Morgan fingerprint density at radius 1 is 1.29 bits per heavy atom. The van der Waals surface area contributed by atoms with Crippen molar-refractivity contribution < 1.29 is 9.90 Å². The Morgan fingerprint density at radius 3 is 2.83 bits per heavy atom. The van der Waals surface area contributed by atoms with Crippen LogP contribution in [-0.4, -0.2) is 20.9 Å². The first-order valence-corrected chi connectivity index (χ1v) is 8.41. The fourth-order valence-corrected chi connectivity index (χ4v) is 4.73. The van der Waals surface area contributed by atoms with Crippen molar-refractivity contribution in [2.24, 2.45) is 11.8 Å². The third-order valence-electron chi connectivity index (χ3n) is 5.82. The van der Waals surface area contributed by atoms with Crippen LogP contribution in [0.5, 0.6) is 0 Å². The lowest BCUT2D eigenvalue weighted by molar-refractivity contribution is -0.123. The molecule has 2 aromatic rings. The number of allylic oxidation sites excluding steroid dienone is 1. The molecule has 1 saturated carbocycles. The van der Waals surface area contributed by atoms with E-state index in [0.29, 0.717) is 12.0 Å². The Labute approximate surface area is 141 Å². The average molecular weight is 320 g/mol. The number of fused-ring (bicyclic) bond motifs is 3. The van der Waals surface area contributed by atoms with Gasteiger partial charge in [0.05, 0.1) is 12.0 Å². The number of carbonyl (C=O) groups excluding carboxylic acids is 1. The molecule has 0 saturated heterocycles. The molecule has 0 radical (unpaired) electrons. The maximum atomic E-state index is 12.6. The van der Waals surface area contributed by atoms with E-state index in [0.717, 1.165) is 35.9 Å². The van der Waals surface area contributed by atoms with E-state index in [2.05, 4.69) is 22.1 Å². The molecule has 0 unspecified atom stereocenters. The van der Waals surface area contributed by atoms with Crippen LogP contribution >= 0.6 is 0 Å². The van der Waals surface area contributed by atoms with Gasteiger partial charge in [0.15, 0.2) is 5.78 Å². The quantitative estimate of drug-likeness (QED) is 0.646. The van der Waals surface area contributed by atoms with Crippen molar-refractivity contribution in [2.75, 3.05) is 0 Å². The molecule has 0 spiro atoms. The van der Waals surface area contributed by atoms with Crippen LogP contribution in [0, 0.1) is 11.8 Å². The van der Waals surface area contributed by atoms with Crippen LogP contribution in [0.25, 0.3) is 0 Å². The highest BCUT2D eigenvalue weighted by Gasteiger charge is 2.54. The van der Waals surface area contributed by atoms with E-state index in [1.165, 1.54) is 0 Å². The standard InChI is InChI=1S/C20H20N2O2/c1-13-17-8-7-14-10-21-12-22-19(14)20(17,9-15(11-23)18(13)24)16-5-3-2-4-6-16/h2-6,10-13,17,23H,7-9H2,1H3/b15-11-/t13-,17-,20+/m0/s1. The van der Waals surface area contributed by atoms with E-state index in [1.54, 1.807) is 6.33 Å². The Kier molecular flexibility index (Phi) is 3.48. The summed E-state index contributed by atoms with van der Waals surface area (Å²) in [4.78, 5) is 21.5. The summed E-state index contributed by atoms with van der Waals surface area (Å²) in [6, 6.07) is 10.3. The second kappa shape index (κ2) is 5.55. The molecule has 122 valence electrons. The van der Waals surface area contributed by atoms with E-state index in [9.17, 15) is 9.90 Å². The van der Waals surface area contributed by atoms with Crippen LogP contribution in [0.15, 0.2) is 54.7 Å². The second-order valence-corrected chi connectivity index (χ2v) is 6.86. The maximum absolute atomic E-state index is 12.6. The Bertz CT molecular complexity index is 815. The summed E-state index contributed by atoms with van der Waals surface area (Å²) >= 11 is 0. The van der Waals surface area contributed by atoms with Crippen LogP contribution in [0.4, 0.5) is 0 Å². The van der Waals surface area contributed by atoms with Gasteiger partial charge in [0.25, 0.3) is 0 Å². The molecule has 1 aromatic heterocycles. The molecular weight excluding hydrogens is 300 g/mol. The summed E-state index contributed by atoms with van der Waals surface area (Å²) < 4.78 is 0. The maximum Gasteiger partial charge on any atom is 0.165 e. The highest BCUT2D eigenvalue weighted by Crippen LogP contribution is 2.55. The third-order valence-corrected chi connectivity index (χ3v) is 5.82. The fourth-order valence-electron chi connectivity index (χ4n) is 4.73. The molecule has 0 bridgehead atoms. The number of aliphatic hydroxyl groups excluding tert-OH is 1. The molecule has 2 aliphatic carbocycles. The number of aliphatic hydroxyl groups is 1. The smallest absolute Gasteiger partial charge is 0.165 e. The summed E-state index contributed by atoms with van der Waals surface area (Å²) in [5.74, 6) is 0.102. The van der Waals surface area contributed by atoms with Gasteiger partial charge in [-0.25, -0.2) is 9.97 Å². The third kappa shape index (κ3) is 1.95. The molecule has 3 atom stereocenters. The molecule has 4 rings (SSSR count). The van der Waals surface area contributed by atoms with Gasteiger partial charge in [0, 0.05) is 23.1 Å². The van der Waals surface area contributed by atoms with E-state index in [4.69, 9.17) is 0 Å². The van der Waals surface area contributed by atoms with Gasteiger partial charge in [-0.2, -0.15) is 0 Å². The van der Waals surface area contributed by atoms with Crippen LogP contribution in [0.2, 0.25) is 0 Å². The summed E-state index contributed by atoms with van der Waals surface area (Å²) in [5.41, 5.74) is 3.44. The number of benzene rings is 1. The van der Waals surface area contributed by atoms with Gasteiger partial charge in [-0.05, 0) is 36.3 Å². The number of carbonyl (C=O) groups is 1. The highest BCUT2D eigenvalue weighted by atomic mass is 16.2. The largest absolute Gasteiger partial charge is 0.515 e. The molecule has 4 heteroatoms. The van der Waals surface area contributed by atoms with Crippen molar-refractivity contribution in [3.63, 3.8) is 0 Å². The number of Topliss-reactive ketones (excluding diaryl/α,β-unsaturated/α-hetero) is 1. The number of ketones is 1. The zero-order valence-electron chi connectivity index (χ0n) is 13.6. The lowest BCUT2D eigenvalue weighted by Crippen LogP contribution is -2.50. The second-order valence-electron chi connectivity index (χ2n) is 6.86. The molecule has 1 fully saturated rings. The molecule has 24 heavy (non-hydrogen) atoms. The zero-order valence-corrected chi connectivity index (χ0v) is 13.6. The normalized spacial score (nSPS) is 30.7. The number of nitrogens with zero attached hydrogens (tertiary/aromatic N) is 2. The highest BCUT2D eigenvalue weighted by molar-refractivity contribution is 5.98. The number of hydrogen-bond acceptors (Lipinski definition) is 4. The lowest BCUT2D eigenvalue weighted by Gasteiger charge is -2.50. The predicted octanol–water partition coefficient (Wildman–Crippen LogP) is 3.38. The van der Waals surface area contributed by atoms with E-state index < -0.39 is 0 Å². The van der Waals surface area contributed by atoms with Crippen LogP contribution in [0.1, 0.15) is 36.6 Å². The zero-order chi connectivity index (χ0) is 16.7. The monoisotopic (exact) mass is 320 g/mol. The minimum atomic E-state index is -0.375. The van der Waals surface area contributed by atoms with Gasteiger partial charge in [-0.15, -0.1) is 0 Å². The van der Waals surface area contributed by atoms with Crippen molar-refractivity contribution in [1.82, 2.24) is 9.97 Å². The molecule has 1 N–H and O–H groups in total. The van der Waals surface area contributed by atoms with Crippen molar-refractivity contribution in [1.29, 1.82) is 0 Å². The number of aromatic nitrogens is 2.